The number of carboxylic acid groups (broad SMARTS) is 1. The lowest BCUT2D eigenvalue weighted by molar-refractivity contribution is -0.139. The van der Waals surface area contributed by atoms with E-state index < -0.39 is 35.1 Å². The van der Waals surface area contributed by atoms with Gasteiger partial charge in [-0.25, -0.2) is 26.8 Å². The summed E-state index contributed by atoms with van der Waals surface area (Å²) in [5.74, 6) is -0.201. The van der Waals surface area contributed by atoms with Crippen molar-refractivity contribution in [2.45, 2.75) is 37.6 Å². The third kappa shape index (κ3) is 12.2. The Morgan fingerprint density at radius 1 is 0.894 bits per heavy atom. The number of ether oxygens (including phenoxy) is 1. The number of urea groups is 1. The van der Waals surface area contributed by atoms with Gasteiger partial charge in [-0.1, -0.05) is 50.2 Å². The molecule has 3 amide bonds. The van der Waals surface area contributed by atoms with Crippen LogP contribution in [0.25, 0.3) is 0 Å². The number of piperazine rings is 1. The summed E-state index contributed by atoms with van der Waals surface area (Å²) in [5, 5.41) is 13.9. The molecule has 0 aliphatic carbocycles. The van der Waals surface area contributed by atoms with Crippen LogP contribution in [0.1, 0.15) is 42.9 Å². The number of halogens is 3. The van der Waals surface area contributed by atoms with Crippen LogP contribution in [0.3, 0.4) is 0 Å². The Balaban J connectivity index is 0.000000427. The van der Waals surface area contributed by atoms with Gasteiger partial charge in [0, 0.05) is 44.0 Å². The summed E-state index contributed by atoms with van der Waals surface area (Å²) >= 11 is 0. The maximum Gasteiger partial charge on any atom is 0.341 e. The van der Waals surface area contributed by atoms with Crippen LogP contribution in [0.15, 0.2) is 77.7 Å². The molecule has 0 radical (unpaired) electrons. The van der Waals surface area contributed by atoms with Gasteiger partial charge in [0.2, 0.25) is 16.4 Å². The first-order chi connectivity index (χ1) is 22.4. The molecule has 0 atom stereocenters. The van der Waals surface area contributed by atoms with Crippen molar-refractivity contribution in [1.29, 1.82) is 0 Å². The summed E-state index contributed by atoms with van der Waals surface area (Å²) in [6, 6.07) is 18.5. The maximum atomic E-state index is 12.7. The number of sulfonamides is 1. The second-order valence-electron chi connectivity index (χ2n) is 10.3. The molecule has 1 saturated heterocycles. The summed E-state index contributed by atoms with van der Waals surface area (Å²) in [5.41, 5.74) is 2.67. The van der Waals surface area contributed by atoms with E-state index in [9.17, 15) is 36.0 Å². The van der Waals surface area contributed by atoms with E-state index >= 15 is 0 Å². The van der Waals surface area contributed by atoms with Gasteiger partial charge in [0.05, 0.1) is 12.1 Å². The molecule has 256 valence electrons. The lowest BCUT2D eigenvalue weighted by Gasteiger charge is -2.34. The molecule has 0 spiro atoms. The van der Waals surface area contributed by atoms with Crippen LogP contribution in [-0.4, -0.2) is 81.1 Å². The molecule has 0 unspecified atom stereocenters. The van der Waals surface area contributed by atoms with Crippen molar-refractivity contribution in [3.8, 4) is 5.75 Å². The summed E-state index contributed by atoms with van der Waals surface area (Å²) in [6.07, 6.45) is -1.96. The van der Waals surface area contributed by atoms with Gasteiger partial charge in [0.1, 0.15) is 5.75 Å². The number of anilines is 1. The van der Waals surface area contributed by atoms with Crippen molar-refractivity contribution in [2.24, 2.45) is 0 Å². The highest BCUT2D eigenvalue weighted by molar-refractivity contribution is 7.89. The van der Waals surface area contributed by atoms with Crippen molar-refractivity contribution in [3.63, 3.8) is 0 Å². The number of benzene rings is 3. The molecule has 1 fully saturated rings. The topological polar surface area (TPSA) is 145 Å². The van der Waals surface area contributed by atoms with Gasteiger partial charge in [-0.2, -0.15) is 4.31 Å². The van der Waals surface area contributed by atoms with Gasteiger partial charge >= 0.3 is 12.0 Å². The molecule has 15 heteroatoms. The van der Waals surface area contributed by atoms with Crippen molar-refractivity contribution in [2.75, 3.05) is 45.3 Å². The molecule has 0 bridgehead atoms. The van der Waals surface area contributed by atoms with Crippen LogP contribution in [0.5, 0.6) is 5.75 Å². The van der Waals surface area contributed by atoms with Gasteiger partial charge in [-0.15, -0.1) is 0 Å². The minimum Gasteiger partial charge on any atom is -0.482 e. The molecule has 3 N–H and O–H groups in total. The zero-order valence-corrected chi connectivity index (χ0v) is 27.1. The van der Waals surface area contributed by atoms with E-state index in [2.05, 4.69) is 36.6 Å². The maximum absolute atomic E-state index is 12.7. The first-order valence-electron chi connectivity index (χ1n) is 14.4. The molecule has 4 rings (SSSR count). The van der Waals surface area contributed by atoms with Crippen molar-refractivity contribution in [1.82, 2.24) is 14.5 Å². The van der Waals surface area contributed by atoms with E-state index in [1.807, 2.05) is 12.1 Å². The standard InChI is InChI=1S/C20H21F2N3O6S.C11H15NO.CH3F/c21-19(22)14-1-7-17(8-2-14)32(29,30)25-11-9-24(10-12-25)20(28)23-15-3-5-16(6-4-15)31-13-18(26)27;1-9(2)11-5-3-10(4-6-11)7-12-8-13;1-2/h1-8,19H,9-13H2,(H,23,28)(H,26,27);3-6,8-9H,7H2,1-2H3,(H,12,13);1H3. The number of nitrogens with one attached hydrogen (secondary N) is 2. The summed E-state index contributed by atoms with van der Waals surface area (Å²) in [6.45, 7) is 4.90. The van der Waals surface area contributed by atoms with E-state index in [-0.39, 0.29) is 36.6 Å². The molecular weight excluding hydrogens is 641 g/mol. The zero-order valence-electron chi connectivity index (χ0n) is 26.2. The Labute approximate surface area is 272 Å². The molecule has 3 aromatic rings. The molecule has 47 heavy (non-hydrogen) atoms. The Morgan fingerprint density at radius 3 is 1.94 bits per heavy atom. The van der Waals surface area contributed by atoms with Crippen LogP contribution in [-0.2, 0) is 26.2 Å². The second-order valence-corrected chi connectivity index (χ2v) is 12.2. The minimum atomic E-state index is -3.85. The molecule has 1 aliphatic rings. The van der Waals surface area contributed by atoms with Crippen LogP contribution in [0, 0.1) is 0 Å². The second kappa shape index (κ2) is 19.1. The third-order valence-electron chi connectivity index (χ3n) is 6.80. The van der Waals surface area contributed by atoms with Gasteiger partial charge in [0.15, 0.2) is 6.61 Å². The van der Waals surface area contributed by atoms with Crippen LogP contribution < -0.4 is 15.4 Å². The fourth-order valence-corrected chi connectivity index (χ4v) is 5.65. The lowest BCUT2D eigenvalue weighted by Crippen LogP contribution is -2.51. The quantitative estimate of drug-likeness (QED) is 0.234. The molecule has 1 heterocycles. The number of hydrogen-bond donors (Lipinski definition) is 3. The SMILES string of the molecule is CC(C)c1ccc(CNC=O)cc1.CF.O=C(O)COc1ccc(NC(=O)N2CCN(S(=O)(=O)c3ccc(C(F)F)cc3)CC2)cc1. The average Bonchev–Trinajstić information content (AvgIpc) is 3.08. The first kappa shape index (κ1) is 38.6. The van der Waals surface area contributed by atoms with Crippen LogP contribution in [0.4, 0.5) is 23.7 Å². The summed E-state index contributed by atoms with van der Waals surface area (Å²) in [4.78, 5) is 34.4. The number of carbonyl (C=O) groups is 3. The molecule has 11 nitrogen and oxygen atoms in total. The number of amides is 3. The fourth-order valence-electron chi connectivity index (χ4n) is 4.23. The Hall–Kier alpha value is -4.63. The number of alkyl halides is 3. The summed E-state index contributed by atoms with van der Waals surface area (Å²) in [7, 11) is -3.35. The first-order valence-corrected chi connectivity index (χ1v) is 15.9. The van der Waals surface area contributed by atoms with Gasteiger partial charge in [-0.3, -0.25) is 9.18 Å². The predicted molar refractivity (Wildman–Crippen MR) is 171 cm³/mol. The number of carbonyl (C=O) groups excluding carboxylic acids is 2. The molecule has 1 aliphatic heterocycles. The predicted octanol–water partition coefficient (Wildman–Crippen LogP) is 5.27. The molecular formula is C32H39F3N4O7S. The van der Waals surface area contributed by atoms with Crippen molar-refractivity contribution in [3.05, 3.63) is 89.5 Å². The Kier molecular flexibility index (Phi) is 15.7. The molecule has 3 aromatic carbocycles. The van der Waals surface area contributed by atoms with Crippen molar-refractivity contribution >= 4 is 34.1 Å². The van der Waals surface area contributed by atoms with Gasteiger partial charge in [0.25, 0.3) is 6.43 Å². The molecule has 0 saturated carbocycles. The third-order valence-corrected chi connectivity index (χ3v) is 8.71. The average molecular weight is 681 g/mol. The fraction of sp³-hybridized carbons (Fsp3) is 0.344. The number of nitrogens with zero attached hydrogens (tertiary/aromatic N) is 2. The zero-order chi connectivity index (χ0) is 35.0. The van der Waals surface area contributed by atoms with Gasteiger partial charge < -0.3 is 25.4 Å². The lowest BCUT2D eigenvalue weighted by atomic mass is 10.0. The van der Waals surface area contributed by atoms with E-state index in [0.29, 0.717) is 31.1 Å². The van der Waals surface area contributed by atoms with Crippen LogP contribution in [0.2, 0.25) is 0 Å². The smallest absolute Gasteiger partial charge is 0.341 e. The Morgan fingerprint density at radius 2 is 1.45 bits per heavy atom. The highest BCUT2D eigenvalue weighted by Crippen LogP contribution is 2.23. The normalized spacial score (nSPS) is 13.1. The van der Waals surface area contributed by atoms with E-state index in [1.165, 1.54) is 26.9 Å². The number of carboxylic acids is 1. The molecule has 0 aromatic heterocycles. The number of aliphatic carboxylic acids is 1. The number of rotatable bonds is 11. The largest absolute Gasteiger partial charge is 0.482 e. The highest BCUT2D eigenvalue weighted by atomic mass is 32.2. The van der Waals surface area contributed by atoms with Crippen molar-refractivity contribution < 1.29 is 45.8 Å². The summed E-state index contributed by atoms with van der Waals surface area (Å²) < 4.78 is 66.6. The van der Waals surface area contributed by atoms with E-state index in [0.717, 1.165) is 36.2 Å². The number of hydrogen-bond acceptors (Lipinski definition) is 6. The van der Waals surface area contributed by atoms with E-state index in [4.69, 9.17) is 9.84 Å². The van der Waals surface area contributed by atoms with Gasteiger partial charge in [-0.05, 0) is 53.4 Å². The minimum absolute atomic E-state index is 0.0638. The monoisotopic (exact) mass is 680 g/mol. The Bertz CT molecular complexity index is 1520. The van der Waals surface area contributed by atoms with E-state index in [1.54, 1.807) is 12.1 Å². The highest BCUT2D eigenvalue weighted by Gasteiger charge is 2.30. The van der Waals surface area contributed by atoms with Crippen LogP contribution >= 0.6 is 0 Å².